The summed E-state index contributed by atoms with van der Waals surface area (Å²) in [6.07, 6.45) is 4.05. The summed E-state index contributed by atoms with van der Waals surface area (Å²) in [5, 5.41) is 6.85. The van der Waals surface area contributed by atoms with E-state index in [2.05, 4.69) is 15.6 Å². The first-order valence-electron chi connectivity index (χ1n) is 9.18. The molecule has 0 aliphatic heterocycles. The van der Waals surface area contributed by atoms with Crippen molar-refractivity contribution in [1.82, 2.24) is 15.6 Å². The molecule has 2 amide bonds. The number of carbonyl (C=O) groups excluding carboxylic acids is 2. The quantitative estimate of drug-likeness (QED) is 0.678. The number of nitrogens with one attached hydrogen (secondary N) is 3. The number of aryl methyl sites for hydroxylation is 1. The van der Waals surface area contributed by atoms with Crippen molar-refractivity contribution in [2.24, 2.45) is 5.41 Å². The predicted molar refractivity (Wildman–Crippen MR) is 99.6 cm³/mol. The van der Waals surface area contributed by atoms with E-state index in [9.17, 15) is 14.0 Å². The molecule has 1 aliphatic rings. The van der Waals surface area contributed by atoms with Crippen LogP contribution in [0, 0.1) is 12.3 Å². The van der Waals surface area contributed by atoms with Crippen LogP contribution in [0.2, 0.25) is 0 Å². The average Bonchev–Trinajstić information content (AvgIpc) is 3.34. The highest BCUT2D eigenvalue weighted by atomic mass is 19.1. The summed E-state index contributed by atoms with van der Waals surface area (Å²) in [6, 6.07) is 5.82. The van der Waals surface area contributed by atoms with Gasteiger partial charge < -0.3 is 15.6 Å². The van der Waals surface area contributed by atoms with Gasteiger partial charge in [0.1, 0.15) is 6.67 Å². The summed E-state index contributed by atoms with van der Waals surface area (Å²) in [6.45, 7) is 3.71. The summed E-state index contributed by atoms with van der Waals surface area (Å²) < 4.78 is 13.0. The first-order chi connectivity index (χ1) is 12.5. The number of hydrogen-bond donors (Lipinski definition) is 3. The predicted octanol–water partition coefficient (Wildman–Crippen LogP) is 2.78. The van der Waals surface area contributed by atoms with Gasteiger partial charge in [0.05, 0.1) is 11.8 Å². The fraction of sp³-hybridized carbons (Fsp3) is 0.500. The number of carbonyl (C=O) groups is 2. The molecule has 1 aromatic carbocycles. The van der Waals surface area contributed by atoms with Gasteiger partial charge in [0, 0.05) is 29.7 Å². The van der Waals surface area contributed by atoms with E-state index in [1.165, 1.54) is 0 Å². The average molecular weight is 359 g/mol. The summed E-state index contributed by atoms with van der Waals surface area (Å²) in [7, 11) is 0. The van der Waals surface area contributed by atoms with Crippen molar-refractivity contribution in [2.45, 2.75) is 45.6 Å². The van der Waals surface area contributed by atoms with E-state index in [0.29, 0.717) is 25.8 Å². The molecule has 5 nitrogen and oxygen atoms in total. The van der Waals surface area contributed by atoms with E-state index < -0.39 is 12.1 Å². The summed E-state index contributed by atoms with van der Waals surface area (Å²) in [5.41, 5.74) is 2.31. The van der Waals surface area contributed by atoms with Gasteiger partial charge >= 0.3 is 0 Å². The molecule has 0 spiro atoms. The molecule has 6 heteroatoms. The summed E-state index contributed by atoms with van der Waals surface area (Å²) >= 11 is 0. The molecule has 140 valence electrons. The van der Waals surface area contributed by atoms with Gasteiger partial charge in [-0.25, -0.2) is 4.39 Å². The van der Waals surface area contributed by atoms with Crippen molar-refractivity contribution in [3.05, 3.63) is 35.5 Å². The third kappa shape index (κ3) is 3.74. The smallest absolute Gasteiger partial charge is 0.229 e. The molecule has 0 bridgehead atoms. The standard InChI is InChI=1S/C20H26FN3O2/c1-3-15(24-19(26)20(12-21)7-8-20)11-23-17(25)9-14-10-22-16-6-4-5-13(2)18(14)16/h4-6,10,15,22H,3,7-9,11-12H2,1-2H3,(H,23,25)(H,24,26). The number of rotatable bonds is 8. The molecule has 0 saturated heterocycles. The number of hydrogen-bond acceptors (Lipinski definition) is 2. The molecule has 3 N–H and O–H groups in total. The Hall–Kier alpha value is -2.37. The van der Waals surface area contributed by atoms with Crippen molar-refractivity contribution in [2.75, 3.05) is 13.2 Å². The number of fused-ring (bicyclic) bond motifs is 1. The van der Waals surface area contributed by atoms with Gasteiger partial charge in [-0.05, 0) is 43.4 Å². The van der Waals surface area contributed by atoms with Crippen molar-refractivity contribution in [1.29, 1.82) is 0 Å². The van der Waals surface area contributed by atoms with Crippen molar-refractivity contribution < 1.29 is 14.0 Å². The maximum absolute atomic E-state index is 13.0. The van der Waals surface area contributed by atoms with Crippen LogP contribution in [0.5, 0.6) is 0 Å². The van der Waals surface area contributed by atoms with Gasteiger partial charge in [0.25, 0.3) is 0 Å². The van der Waals surface area contributed by atoms with Crippen LogP contribution >= 0.6 is 0 Å². The van der Waals surface area contributed by atoms with E-state index in [-0.39, 0.29) is 24.3 Å². The Morgan fingerprint density at radius 3 is 2.77 bits per heavy atom. The lowest BCUT2D eigenvalue weighted by Gasteiger charge is -2.20. The molecule has 3 rings (SSSR count). The summed E-state index contributed by atoms with van der Waals surface area (Å²) in [4.78, 5) is 27.7. The highest BCUT2D eigenvalue weighted by Gasteiger charge is 2.50. The highest BCUT2D eigenvalue weighted by molar-refractivity contribution is 5.91. The molecule has 1 aromatic heterocycles. The van der Waals surface area contributed by atoms with Crippen LogP contribution in [0.4, 0.5) is 4.39 Å². The fourth-order valence-corrected chi connectivity index (χ4v) is 3.27. The number of amides is 2. The zero-order valence-electron chi connectivity index (χ0n) is 15.3. The lowest BCUT2D eigenvalue weighted by Crippen LogP contribution is -2.46. The normalized spacial score (nSPS) is 16.3. The molecule has 0 radical (unpaired) electrons. The van der Waals surface area contributed by atoms with E-state index in [4.69, 9.17) is 0 Å². The Labute approximate surface area is 152 Å². The lowest BCUT2D eigenvalue weighted by molar-refractivity contribution is -0.128. The van der Waals surface area contributed by atoms with Gasteiger partial charge in [0.2, 0.25) is 11.8 Å². The van der Waals surface area contributed by atoms with Crippen LogP contribution in [-0.4, -0.2) is 36.1 Å². The van der Waals surface area contributed by atoms with Crippen molar-refractivity contribution in [3.8, 4) is 0 Å². The van der Waals surface area contributed by atoms with Gasteiger partial charge in [-0.15, -0.1) is 0 Å². The molecule has 26 heavy (non-hydrogen) atoms. The maximum Gasteiger partial charge on any atom is 0.229 e. The third-order valence-corrected chi connectivity index (χ3v) is 5.31. The van der Waals surface area contributed by atoms with Gasteiger partial charge in [-0.1, -0.05) is 19.1 Å². The third-order valence-electron chi connectivity index (χ3n) is 5.31. The molecule has 1 atom stereocenters. The Bertz CT molecular complexity index is 810. The van der Waals surface area contributed by atoms with Crippen LogP contribution in [0.15, 0.2) is 24.4 Å². The van der Waals surface area contributed by atoms with E-state index in [0.717, 1.165) is 22.0 Å². The minimum absolute atomic E-state index is 0.0894. The minimum Gasteiger partial charge on any atom is -0.361 e. The van der Waals surface area contributed by atoms with Crippen LogP contribution in [-0.2, 0) is 16.0 Å². The number of benzene rings is 1. The molecule has 1 heterocycles. The Balaban J connectivity index is 1.55. The first-order valence-corrected chi connectivity index (χ1v) is 9.18. The second kappa shape index (κ2) is 7.48. The highest BCUT2D eigenvalue weighted by Crippen LogP contribution is 2.46. The number of aromatic amines is 1. The first kappa shape index (κ1) is 18.4. The van der Waals surface area contributed by atoms with Crippen LogP contribution in [0.1, 0.15) is 37.3 Å². The Morgan fingerprint density at radius 1 is 1.35 bits per heavy atom. The second-order valence-electron chi connectivity index (χ2n) is 7.28. The Morgan fingerprint density at radius 2 is 2.12 bits per heavy atom. The van der Waals surface area contributed by atoms with Crippen LogP contribution in [0.25, 0.3) is 10.9 Å². The van der Waals surface area contributed by atoms with Crippen LogP contribution in [0.3, 0.4) is 0 Å². The number of halogens is 1. The largest absolute Gasteiger partial charge is 0.361 e. The molecule has 1 fully saturated rings. The number of H-pyrrole nitrogens is 1. The lowest BCUT2D eigenvalue weighted by atomic mass is 10.0. The molecule has 2 aromatic rings. The number of alkyl halides is 1. The van der Waals surface area contributed by atoms with Crippen molar-refractivity contribution >= 4 is 22.7 Å². The Kier molecular flexibility index (Phi) is 5.30. The van der Waals surface area contributed by atoms with Gasteiger partial charge in [-0.2, -0.15) is 0 Å². The van der Waals surface area contributed by atoms with Gasteiger partial charge in [0.15, 0.2) is 0 Å². The SMILES string of the molecule is CCC(CNC(=O)Cc1c[nH]c2cccc(C)c12)NC(=O)C1(CF)CC1. The molecular weight excluding hydrogens is 333 g/mol. The van der Waals surface area contributed by atoms with Gasteiger partial charge in [-0.3, -0.25) is 9.59 Å². The zero-order valence-corrected chi connectivity index (χ0v) is 15.3. The second-order valence-corrected chi connectivity index (χ2v) is 7.28. The molecule has 1 saturated carbocycles. The molecular formula is C20H26FN3O2. The monoisotopic (exact) mass is 359 g/mol. The molecule has 1 unspecified atom stereocenters. The van der Waals surface area contributed by atoms with Crippen LogP contribution < -0.4 is 10.6 Å². The van der Waals surface area contributed by atoms with E-state index in [1.807, 2.05) is 38.2 Å². The number of aromatic nitrogens is 1. The van der Waals surface area contributed by atoms with E-state index >= 15 is 0 Å². The molecule has 1 aliphatic carbocycles. The zero-order chi connectivity index (χ0) is 18.7. The maximum atomic E-state index is 13.0. The summed E-state index contributed by atoms with van der Waals surface area (Å²) in [5.74, 6) is -0.318. The van der Waals surface area contributed by atoms with Crippen molar-refractivity contribution in [3.63, 3.8) is 0 Å². The minimum atomic E-state index is -0.807. The fourth-order valence-electron chi connectivity index (χ4n) is 3.27. The topological polar surface area (TPSA) is 74.0 Å². The van der Waals surface area contributed by atoms with E-state index in [1.54, 1.807) is 0 Å².